The minimum Gasteiger partial charge on any atom is -0.435 e. The summed E-state index contributed by atoms with van der Waals surface area (Å²) in [7, 11) is 0. The number of aromatic nitrogens is 4. The van der Waals surface area contributed by atoms with E-state index in [4.69, 9.17) is 11.5 Å². The van der Waals surface area contributed by atoms with Crippen molar-refractivity contribution in [3.05, 3.63) is 54.4 Å². The topological polar surface area (TPSA) is 105 Å². The Morgan fingerprint density at radius 1 is 1.00 bits per heavy atom. The quantitative estimate of drug-likeness (QED) is 0.531. The summed E-state index contributed by atoms with van der Waals surface area (Å²) >= 11 is 0. The van der Waals surface area contributed by atoms with Crippen LogP contribution in [0.25, 0.3) is 28.0 Å². The Morgan fingerprint density at radius 2 is 1.72 bits per heavy atom. The van der Waals surface area contributed by atoms with Gasteiger partial charge in [-0.25, -0.2) is 4.98 Å². The molecule has 2 heterocycles. The lowest BCUT2D eigenvalue weighted by atomic mass is 10.1. The molecule has 0 fully saturated rings. The van der Waals surface area contributed by atoms with Crippen molar-refractivity contribution < 1.29 is 13.5 Å². The Labute approximate surface area is 165 Å². The first-order valence-electron chi connectivity index (χ1n) is 8.93. The van der Waals surface area contributed by atoms with Crippen molar-refractivity contribution >= 4 is 22.8 Å². The largest absolute Gasteiger partial charge is 0.435 e. The zero-order valence-electron chi connectivity index (χ0n) is 15.5. The Morgan fingerprint density at radius 3 is 2.41 bits per heavy atom. The first-order chi connectivity index (χ1) is 14.0. The van der Waals surface area contributed by atoms with Crippen molar-refractivity contribution in [3.8, 4) is 22.7 Å². The molecule has 0 aliphatic carbocycles. The number of nitrogen functional groups attached to an aromatic ring is 2. The number of nitrogens with zero attached hydrogens (tertiary/aromatic N) is 4. The number of imidazole rings is 1. The molecule has 4 aromatic rings. The van der Waals surface area contributed by atoms with Gasteiger partial charge in [0.15, 0.2) is 5.82 Å². The molecule has 2 aromatic carbocycles. The Hall–Kier alpha value is -3.75. The van der Waals surface area contributed by atoms with Crippen LogP contribution in [-0.2, 0) is 6.42 Å². The average molecular weight is 396 g/mol. The number of hydrogen-bond acceptors (Lipinski definition) is 6. The summed E-state index contributed by atoms with van der Waals surface area (Å²) in [4.78, 5) is 13.2. The summed E-state index contributed by atoms with van der Waals surface area (Å²) in [6.07, 6.45) is 0.652. The molecule has 0 aliphatic heterocycles. The molecule has 29 heavy (non-hydrogen) atoms. The second kappa shape index (κ2) is 7.34. The third-order valence-corrected chi connectivity index (χ3v) is 4.46. The molecular formula is C20H18F2N6O. The summed E-state index contributed by atoms with van der Waals surface area (Å²) in [6.45, 7) is -0.910. The second-order valence-electron chi connectivity index (χ2n) is 6.27. The maximum Gasteiger partial charge on any atom is 0.387 e. The Balaban J connectivity index is 1.95. The van der Waals surface area contributed by atoms with Gasteiger partial charge in [0, 0.05) is 6.42 Å². The van der Waals surface area contributed by atoms with Crippen LogP contribution < -0.4 is 16.2 Å². The molecule has 148 valence electrons. The molecule has 0 radical (unpaired) electrons. The fourth-order valence-electron chi connectivity index (χ4n) is 3.27. The lowest BCUT2D eigenvalue weighted by molar-refractivity contribution is -0.0498. The fourth-order valence-corrected chi connectivity index (χ4v) is 3.27. The van der Waals surface area contributed by atoms with Gasteiger partial charge >= 0.3 is 6.61 Å². The van der Waals surface area contributed by atoms with Crippen LogP contribution in [0.4, 0.5) is 20.5 Å². The van der Waals surface area contributed by atoms with Gasteiger partial charge in [-0.05, 0) is 29.8 Å². The predicted molar refractivity (Wildman–Crippen MR) is 107 cm³/mol. The number of benzene rings is 2. The van der Waals surface area contributed by atoms with Crippen LogP contribution in [0.3, 0.4) is 0 Å². The summed E-state index contributed by atoms with van der Waals surface area (Å²) < 4.78 is 31.2. The minimum absolute atomic E-state index is 0.0266. The maximum atomic E-state index is 12.4. The smallest absolute Gasteiger partial charge is 0.387 e. The van der Waals surface area contributed by atoms with Crippen molar-refractivity contribution in [1.82, 2.24) is 19.5 Å². The highest BCUT2D eigenvalue weighted by atomic mass is 19.3. The van der Waals surface area contributed by atoms with E-state index in [1.165, 1.54) is 12.1 Å². The van der Waals surface area contributed by atoms with Crippen molar-refractivity contribution in [2.75, 3.05) is 11.5 Å². The molecule has 0 unspecified atom stereocenters. The van der Waals surface area contributed by atoms with Crippen LogP contribution in [0.15, 0.2) is 48.5 Å². The molecule has 0 saturated heterocycles. The van der Waals surface area contributed by atoms with Gasteiger partial charge in [-0.1, -0.05) is 31.2 Å². The summed E-state index contributed by atoms with van der Waals surface area (Å²) in [6, 6.07) is 13.8. The van der Waals surface area contributed by atoms with E-state index in [0.717, 1.165) is 16.9 Å². The molecule has 7 nitrogen and oxygen atoms in total. The van der Waals surface area contributed by atoms with Crippen molar-refractivity contribution in [3.63, 3.8) is 0 Å². The van der Waals surface area contributed by atoms with E-state index in [9.17, 15) is 8.78 Å². The summed E-state index contributed by atoms with van der Waals surface area (Å²) in [5, 5.41) is 0. The number of aryl methyl sites for hydroxylation is 1. The molecule has 0 atom stereocenters. The average Bonchev–Trinajstić information content (AvgIpc) is 3.06. The van der Waals surface area contributed by atoms with E-state index in [0.29, 0.717) is 23.4 Å². The second-order valence-corrected chi connectivity index (χ2v) is 6.27. The minimum atomic E-state index is -2.90. The third-order valence-electron chi connectivity index (χ3n) is 4.46. The van der Waals surface area contributed by atoms with Gasteiger partial charge < -0.3 is 16.2 Å². The van der Waals surface area contributed by atoms with Crippen LogP contribution in [0.5, 0.6) is 5.75 Å². The number of rotatable bonds is 5. The molecule has 4 N–H and O–H groups in total. The Bertz CT molecular complexity index is 1170. The molecule has 0 spiro atoms. The van der Waals surface area contributed by atoms with Crippen LogP contribution in [0.1, 0.15) is 12.7 Å². The van der Waals surface area contributed by atoms with Gasteiger partial charge in [-0.15, -0.1) is 0 Å². The van der Waals surface area contributed by atoms with Gasteiger partial charge in [0.05, 0.1) is 16.6 Å². The van der Waals surface area contributed by atoms with E-state index >= 15 is 0 Å². The fraction of sp³-hybridized carbons (Fsp3) is 0.150. The SMILES string of the molecule is CCc1nc2ccccc2n1-c1nc(N)nc(N)c1-c1ccc(OC(F)F)cc1. The molecule has 2 aromatic heterocycles. The normalized spacial score (nSPS) is 11.3. The molecule has 0 saturated carbocycles. The number of halogens is 2. The zero-order valence-corrected chi connectivity index (χ0v) is 15.5. The molecule has 0 amide bonds. The van der Waals surface area contributed by atoms with Gasteiger partial charge in [0.25, 0.3) is 0 Å². The zero-order chi connectivity index (χ0) is 20.5. The van der Waals surface area contributed by atoms with E-state index < -0.39 is 6.61 Å². The first kappa shape index (κ1) is 18.6. The number of hydrogen-bond donors (Lipinski definition) is 2. The van der Waals surface area contributed by atoms with E-state index in [2.05, 4.69) is 19.7 Å². The maximum absolute atomic E-state index is 12.4. The van der Waals surface area contributed by atoms with E-state index in [-0.39, 0.29) is 17.5 Å². The van der Waals surface area contributed by atoms with Crippen LogP contribution in [0, 0.1) is 0 Å². The molecule has 9 heteroatoms. The Kier molecular flexibility index (Phi) is 4.71. The molecule has 4 rings (SSSR count). The van der Waals surface area contributed by atoms with E-state index in [1.54, 1.807) is 12.1 Å². The number of ether oxygens (including phenoxy) is 1. The highest BCUT2D eigenvalue weighted by molar-refractivity contribution is 5.85. The molecular weight excluding hydrogens is 378 g/mol. The summed E-state index contributed by atoms with van der Waals surface area (Å²) in [5.41, 5.74) is 14.9. The lowest BCUT2D eigenvalue weighted by Crippen LogP contribution is -2.11. The molecule has 0 aliphatic rings. The van der Waals surface area contributed by atoms with Crippen molar-refractivity contribution in [1.29, 1.82) is 0 Å². The van der Waals surface area contributed by atoms with Crippen LogP contribution in [0.2, 0.25) is 0 Å². The number of alkyl halides is 2. The van der Waals surface area contributed by atoms with Crippen molar-refractivity contribution in [2.45, 2.75) is 20.0 Å². The number of anilines is 2. The number of para-hydroxylation sites is 2. The number of nitrogens with two attached hydrogens (primary N) is 2. The summed E-state index contributed by atoms with van der Waals surface area (Å²) in [5.74, 6) is 1.50. The van der Waals surface area contributed by atoms with Crippen LogP contribution >= 0.6 is 0 Å². The van der Waals surface area contributed by atoms with Gasteiger partial charge in [-0.2, -0.15) is 18.7 Å². The van der Waals surface area contributed by atoms with Gasteiger partial charge in [0.1, 0.15) is 17.4 Å². The van der Waals surface area contributed by atoms with Crippen molar-refractivity contribution in [2.24, 2.45) is 0 Å². The standard InChI is InChI=1S/C20H18F2N6O/c1-2-15-25-13-5-3-4-6-14(13)28(15)18-16(17(23)26-20(24)27-18)11-7-9-12(10-8-11)29-19(21)22/h3-10,19H,2H2,1H3,(H4,23,24,26,27). The highest BCUT2D eigenvalue weighted by Crippen LogP contribution is 2.34. The van der Waals surface area contributed by atoms with Gasteiger partial charge in [-0.3, -0.25) is 4.57 Å². The van der Waals surface area contributed by atoms with Crippen LogP contribution in [-0.4, -0.2) is 26.1 Å². The van der Waals surface area contributed by atoms with Gasteiger partial charge in [0.2, 0.25) is 5.95 Å². The first-order valence-corrected chi connectivity index (χ1v) is 8.93. The number of fused-ring (bicyclic) bond motifs is 1. The monoisotopic (exact) mass is 396 g/mol. The third kappa shape index (κ3) is 3.42. The van der Waals surface area contributed by atoms with E-state index in [1.807, 2.05) is 35.8 Å². The lowest BCUT2D eigenvalue weighted by Gasteiger charge is -2.15. The predicted octanol–water partition coefficient (Wildman–Crippen LogP) is 3.81. The molecule has 0 bridgehead atoms. The highest BCUT2D eigenvalue weighted by Gasteiger charge is 2.20.